The first-order valence-electron chi connectivity index (χ1n) is 6.03. The first-order chi connectivity index (χ1) is 9.58. The maximum absolute atomic E-state index is 13.0. The maximum atomic E-state index is 13.0. The highest BCUT2D eigenvalue weighted by Crippen LogP contribution is 2.28. The van der Waals surface area contributed by atoms with Gasteiger partial charge in [-0.15, -0.1) is 0 Å². The average molecular weight is 358 g/mol. The number of carbonyl (C=O) groups excluding carboxylic acids is 1. The molecule has 0 saturated heterocycles. The second-order valence-corrected chi connectivity index (χ2v) is 6.35. The van der Waals surface area contributed by atoms with Crippen molar-refractivity contribution in [2.45, 2.75) is 19.9 Å². The largest absolute Gasteiger partial charge is 0.334 e. The fourth-order valence-electron chi connectivity index (χ4n) is 1.58. The number of thiazole rings is 1. The molecule has 1 aromatic heterocycles. The Bertz CT molecular complexity index is 617. The number of carbonyl (C=O) groups is 1. The third kappa shape index (κ3) is 4.01. The van der Waals surface area contributed by atoms with Crippen molar-refractivity contribution >= 4 is 38.4 Å². The number of benzene rings is 1. The summed E-state index contributed by atoms with van der Waals surface area (Å²) < 4.78 is 13.9. The number of rotatable bonds is 4. The summed E-state index contributed by atoms with van der Waals surface area (Å²) in [6, 6.07) is 5.74. The van der Waals surface area contributed by atoms with Crippen LogP contribution in [-0.4, -0.2) is 11.0 Å². The number of urea groups is 1. The van der Waals surface area contributed by atoms with Crippen LogP contribution in [0.1, 0.15) is 18.2 Å². The second-order valence-electron chi connectivity index (χ2n) is 4.03. The predicted octanol–water partition coefficient (Wildman–Crippen LogP) is 3.93. The van der Waals surface area contributed by atoms with Crippen LogP contribution in [0.2, 0.25) is 0 Å². The van der Waals surface area contributed by atoms with Gasteiger partial charge in [-0.25, -0.2) is 14.2 Å². The molecule has 2 aromatic rings. The van der Waals surface area contributed by atoms with Crippen molar-refractivity contribution in [1.29, 1.82) is 0 Å². The molecule has 106 valence electrons. The van der Waals surface area contributed by atoms with Crippen molar-refractivity contribution in [2.24, 2.45) is 0 Å². The highest BCUT2D eigenvalue weighted by Gasteiger charge is 2.09. The average Bonchev–Trinajstić information content (AvgIpc) is 2.76. The molecule has 0 fully saturated rings. The number of nitrogens with one attached hydrogen (secondary N) is 2. The van der Waals surface area contributed by atoms with E-state index in [-0.39, 0.29) is 18.4 Å². The van der Waals surface area contributed by atoms with Gasteiger partial charge in [0, 0.05) is 6.54 Å². The molecule has 1 heterocycles. The van der Waals surface area contributed by atoms with Crippen molar-refractivity contribution in [3.8, 4) is 0 Å². The minimum absolute atomic E-state index is 0.261. The topological polar surface area (TPSA) is 54.0 Å². The number of hydrogen-bond donors (Lipinski definition) is 2. The standard InChI is InChI=1S/C13H13BrFN3OS/c1-2-10-11(14)20-13(17-10)18-12(19)16-7-8-4-3-5-9(15)6-8/h3-6H,2,7H2,1H3,(H2,16,17,18,19). The van der Waals surface area contributed by atoms with Gasteiger partial charge in [-0.3, -0.25) is 5.32 Å². The minimum Gasteiger partial charge on any atom is -0.334 e. The van der Waals surface area contributed by atoms with Gasteiger partial charge >= 0.3 is 6.03 Å². The molecule has 2 amide bonds. The molecular weight excluding hydrogens is 345 g/mol. The van der Waals surface area contributed by atoms with Crippen LogP contribution in [0.25, 0.3) is 0 Å². The van der Waals surface area contributed by atoms with E-state index in [0.717, 1.165) is 15.9 Å². The quantitative estimate of drug-likeness (QED) is 0.870. The molecule has 20 heavy (non-hydrogen) atoms. The fraction of sp³-hybridized carbons (Fsp3) is 0.231. The van der Waals surface area contributed by atoms with Gasteiger partial charge in [0.05, 0.1) is 9.48 Å². The van der Waals surface area contributed by atoms with Gasteiger partial charge in [0.25, 0.3) is 0 Å². The van der Waals surface area contributed by atoms with E-state index in [1.807, 2.05) is 6.92 Å². The van der Waals surface area contributed by atoms with Gasteiger partial charge < -0.3 is 5.32 Å². The Morgan fingerprint density at radius 2 is 2.30 bits per heavy atom. The molecule has 4 nitrogen and oxygen atoms in total. The Morgan fingerprint density at radius 1 is 1.50 bits per heavy atom. The Morgan fingerprint density at radius 3 is 2.95 bits per heavy atom. The summed E-state index contributed by atoms with van der Waals surface area (Å²) in [5.74, 6) is -0.318. The van der Waals surface area contributed by atoms with Crippen LogP contribution < -0.4 is 10.6 Å². The molecule has 0 atom stereocenters. The lowest BCUT2D eigenvalue weighted by Crippen LogP contribution is -2.28. The molecule has 0 saturated carbocycles. The van der Waals surface area contributed by atoms with E-state index in [2.05, 4.69) is 31.5 Å². The number of halogens is 2. The van der Waals surface area contributed by atoms with Crippen molar-refractivity contribution < 1.29 is 9.18 Å². The Kier molecular flexibility index (Phi) is 5.08. The van der Waals surface area contributed by atoms with Gasteiger partial charge in [-0.2, -0.15) is 0 Å². The molecule has 2 N–H and O–H groups in total. The van der Waals surface area contributed by atoms with Crippen molar-refractivity contribution in [3.05, 3.63) is 45.1 Å². The van der Waals surface area contributed by atoms with E-state index in [1.165, 1.54) is 23.5 Å². The number of anilines is 1. The number of hydrogen-bond acceptors (Lipinski definition) is 3. The molecule has 1 aromatic carbocycles. The summed E-state index contributed by atoms with van der Waals surface area (Å²) in [5, 5.41) is 5.84. The summed E-state index contributed by atoms with van der Waals surface area (Å²) in [4.78, 5) is 16.0. The molecule has 0 spiro atoms. The van der Waals surface area contributed by atoms with Gasteiger partial charge in [-0.1, -0.05) is 30.4 Å². The Labute approximate surface area is 128 Å². The van der Waals surface area contributed by atoms with Gasteiger partial charge in [0.2, 0.25) is 0 Å². The van der Waals surface area contributed by atoms with E-state index >= 15 is 0 Å². The maximum Gasteiger partial charge on any atom is 0.321 e. The van der Waals surface area contributed by atoms with E-state index in [4.69, 9.17) is 0 Å². The Balaban J connectivity index is 1.89. The predicted molar refractivity (Wildman–Crippen MR) is 81.5 cm³/mol. The van der Waals surface area contributed by atoms with E-state index in [1.54, 1.807) is 12.1 Å². The lowest BCUT2D eigenvalue weighted by molar-refractivity contribution is 0.251. The van der Waals surface area contributed by atoms with Crippen LogP contribution in [0, 0.1) is 5.82 Å². The SMILES string of the molecule is CCc1nc(NC(=O)NCc2cccc(F)c2)sc1Br. The summed E-state index contributed by atoms with van der Waals surface area (Å²) in [6.07, 6.45) is 0.795. The summed E-state index contributed by atoms with van der Waals surface area (Å²) in [6.45, 7) is 2.25. The van der Waals surface area contributed by atoms with Crippen LogP contribution in [0.5, 0.6) is 0 Å². The monoisotopic (exact) mass is 357 g/mol. The molecule has 0 aliphatic heterocycles. The molecule has 0 unspecified atom stereocenters. The van der Waals surface area contributed by atoms with Crippen LogP contribution in [-0.2, 0) is 13.0 Å². The zero-order chi connectivity index (χ0) is 14.5. The van der Waals surface area contributed by atoms with Crippen LogP contribution in [0.4, 0.5) is 14.3 Å². The molecule has 0 radical (unpaired) electrons. The molecule has 7 heteroatoms. The van der Waals surface area contributed by atoms with Gasteiger partial charge in [0.15, 0.2) is 5.13 Å². The van der Waals surface area contributed by atoms with Crippen LogP contribution >= 0.6 is 27.3 Å². The number of aromatic nitrogens is 1. The van der Waals surface area contributed by atoms with Gasteiger partial charge in [0.1, 0.15) is 5.82 Å². The zero-order valence-corrected chi connectivity index (χ0v) is 13.1. The van der Waals surface area contributed by atoms with Crippen molar-refractivity contribution in [2.75, 3.05) is 5.32 Å². The normalized spacial score (nSPS) is 10.3. The van der Waals surface area contributed by atoms with E-state index in [9.17, 15) is 9.18 Å². The van der Waals surface area contributed by atoms with E-state index in [0.29, 0.717) is 10.7 Å². The third-order valence-electron chi connectivity index (χ3n) is 2.55. The first kappa shape index (κ1) is 14.9. The molecule has 0 aliphatic rings. The molecule has 0 bridgehead atoms. The number of amides is 2. The van der Waals surface area contributed by atoms with E-state index < -0.39 is 0 Å². The highest BCUT2D eigenvalue weighted by atomic mass is 79.9. The lowest BCUT2D eigenvalue weighted by atomic mass is 10.2. The lowest BCUT2D eigenvalue weighted by Gasteiger charge is -2.05. The third-order valence-corrected chi connectivity index (χ3v) is 4.29. The molecule has 2 rings (SSSR count). The van der Waals surface area contributed by atoms with Gasteiger partial charge in [-0.05, 0) is 40.0 Å². The smallest absolute Gasteiger partial charge is 0.321 e. The van der Waals surface area contributed by atoms with Crippen molar-refractivity contribution in [1.82, 2.24) is 10.3 Å². The molecular formula is C13H13BrFN3OS. The number of nitrogens with zero attached hydrogens (tertiary/aromatic N) is 1. The minimum atomic E-state index is -0.363. The second kappa shape index (κ2) is 6.81. The molecule has 0 aliphatic carbocycles. The van der Waals surface area contributed by atoms with Crippen molar-refractivity contribution in [3.63, 3.8) is 0 Å². The zero-order valence-electron chi connectivity index (χ0n) is 10.7. The highest BCUT2D eigenvalue weighted by molar-refractivity contribution is 9.11. The first-order valence-corrected chi connectivity index (χ1v) is 7.64. The summed E-state index contributed by atoms with van der Waals surface area (Å²) in [5.41, 5.74) is 1.62. The Hall–Kier alpha value is -1.47. The summed E-state index contributed by atoms with van der Waals surface area (Å²) in [7, 11) is 0. The summed E-state index contributed by atoms with van der Waals surface area (Å²) >= 11 is 4.76. The fourth-order valence-corrected chi connectivity index (χ4v) is 3.18. The van der Waals surface area contributed by atoms with Crippen LogP contribution in [0.15, 0.2) is 28.1 Å². The number of aryl methyl sites for hydroxylation is 1. The van der Waals surface area contributed by atoms with Crippen LogP contribution in [0.3, 0.4) is 0 Å².